The van der Waals surface area contributed by atoms with E-state index in [1.165, 1.54) is 0 Å². The molecule has 2 heterocycles. The van der Waals surface area contributed by atoms with Gasteiger partial charge in [0, 0.05) is 36.3 Å². The Morgan fingerprint density at radius 1 is 1.14 bits per heavy atom. The summed E-state index contributed by atoms with van der Waals surface area (Å²) in [5, 5.41) is 2.91. The van der Waals surface area contributed by atoms with E-state index in [2.05, 4.69) is 10.2 Å². The Bertz CT molecular complexity index is 852. The molecule has 3 rings (SSSR count). The van der Waals surface area contributed by atoms with E-state index in [1.807, 2.05) is 32.0 Å². The number of likely N-dealkylation sites (tertiary alicyclic amines) is 1. The molecule has 1 N–H and O–H groups in total. The zero-order valence-corrected chi connectivity index (χ0v) is 17.6. The molecular formula is C20H29N3O4S. The number of amides is 2. The number of benzene rings is 1. The molecule has 1 aromatic carbocycles. The molecule has 2 saturated heterocycles. The maximum atomic E-state index is 12.9. The predicted molar refractivity (Wildman–Crippen MR) is 109 cm³/mol. The Balaban J connectivity index is 1.68. The number of likely N-dealkylation sites (N-methyl/N-ethyl adjacent to an activating group) is 1. The van der Waals surface area contributed by atoms with E-state index in [9.17, 15) is 18.0 Å². The highest BCUT2D eigenvalue weighted by Gasteiger charge is 2.30. The second kappa shape index (κ2) is 8.21. The molecule has 154 valence electrons. The summed E-state index contributed by atoms with van der Waals surface area (Å²) >= 11 is 0. The highest BCUT2D eigenvalue weighted by Crippen LogP contribution is 2.24. The van der Waals surface area contributed by atoms with Crippen LogP contribution >= 0.6 is 0 Å². The number of sulfone groups is 1. The molecule has 0 spiro atoms. The SMILES string of the molecule is Cc1ccc(C(=O)N2CCC(N(C)C)C2)cc1NC(=O)C1CCS(=O)(=O)CC1. The van der Waals surface area contributed by atoms with E-state index in [1.54, 1.807) is 12.1 Å². The summed E-state index contributed by atoms with van der Waals surface area (Å²) in [4.78, 5) is 29.4. The predicted octanol–water partition coefficient (Wildman–Crippen LogP) is 1.53. The molecule has 1 unspecified atom stereocenters. The molecule has 1 atom stereocenters. The van der Waals surface area contributed by atoms with Crippen molar-refractivity contribution in [2.75, 3.05) is 44.0 Å². The Kier molecular flexibility index (Phi) is 6.09. The summed E-state index contributed by atoms with van der Waals surface area (Å²) in [5.74, 6) is -0.378. The van der Waals surface area contributed by atoms with Gasteiger partial charge in [0.1, 0.15) is 9.84 Å². The third-order valence-corrected chi connectivity index (χ3v) is 7.56. The minimum atomic E-state index is -3.00. The van der Waals surface area contributed by atoms with Gasteiger partial charge in [-0.15, -0.1) is 0 Å². The zero-order chi connectivity index (χ0) is 20.5. The first kappa shape index (κ1) is 20.8. The first-order valence-electron chi connectivity index (χ1n) is 9.74. The molecule has 0 saturated carbocycles. The van der Waals surface area contributed by atoms with Crippen LogP contribution in [0.1, 0.15) is 35.2 Å². The number of hydrogen-bond donors (Lipinski definition) is 1. The lowest BCUT2D eigenvalue weighted by atomic mass is 10.0. The van der Waals surface area contributed by atoms with Gasteiger partial charge in [0.15, 0.2) is 0 Å². The van der Waals surface area contributed by atoms with Crippen molar-refractivity contribution < 1.29 is 18.0 Å². The fraction of sp³-hybridized carbons (Fsp3) is 0.600. The van der Waals surface area contributed by atoms with E-state index in [-0.39, 0.29) is 29.2 Å². The van der Waals surface area contributed by atoms with Crippen molar-refractivity contribution in [1.29, 1.82) is 0 Å². The van der Waals surface area contributed by atoms with Crippen LogP contribution in [0.5, 0.6) is 0 Å². The molecule has 2 aliphatic rings. The number of aryl methyl sites for hydroxylation is 1. The average molecular weight is 408 g/mol. The Hall–Kier alpha value is -1.93. The van der Waals surface area contributed by atoms with E-state index >= 15 is 0 Å². The molecule has 1 aromatic rings. The molecule has 28 heavy (non-hydrogen) atoms. The fourth-order valence-corrected chi connectivity index (χ4v) is 5.30. The summed E-state index contributed by atoms with van der Waals surface area (Å²) in [6.45, 7) is 3.32. The third-order valence-electron chi connectivity index (χ3n) is 5.85. The minimum absolute atomic E-state index is 0.0244. The van der Waals surface area contributed by atoms with Gasteiger partial charge in [0.05, 0.1) is 11.5 Å². The Morgan fingerprint density at radius 3 is 2.43 bits per heavy atom. The highest BCUT2D eigenvalue weighted by molar-refractivity contribution is 7.91. The number of nitrogens with zero attached hydrogens (tertiary/aromatic N) is 2. The largest absolute Gasteiger partial charge is 0.337 e. The van der Waals surface area contributed by atoms with Crippen LogP contribution in [0.4, 0.5) is 5.69 Å². The maximum absolute atomic E-state index is 12.9. The van der Waals surface area contributed by atoms with Crippen LogP contribution in [-0.4, -0.2) is 74.8 Å². The smallest absolute Gasteiger partial charge is 0.253 e. The number of nitrogens with one attached hydrogen (secondary N) is 1. The molecular weight excluding hydrogens is 378 g/mol. The van der Waals surface area contributed by atoms with Gasteiger partial charge in [-0.2, -0.15) is 0 Å². The van der Waals surface area contributed by atoms with Crippen LogP contribution in [0, 0.1) is 12.8 Å². The summed E-state index contributed by atoms with van der Waals surface area (Å²) < 4.78 is 23.1. The molecule has 2 amide bonds. The second-order valence-corrected chi connectivity index (χ2v) is 10.4. The molecule has 2 aliphatic heterocycles. The molecule has 0 bridgehead atoms. The van der Waals surface area contributed by atoms with Crippen molar-refractivity contribution in [3.8, 4) is 0 Å². The van der Waals surface area contributed by atoms with E-state index < -0.39 is 9.84 Å². The maximum Gasteiger partial charge on any atom is 0.253 e. The average Bonchev–Trinajstić information content (AvgIpc) is 3.13. The second-order valence-electron chi connectivity index (χ2n) is 8.10. The molecule has 7 nitrogen and oxygen atoms in total. The van der Waals surface area contributed by atoms with Crippen molar-refractivity contribution in [1.82, 2.24) is 9.80 Å². The highest BCUT2D eigenvalue weighted by atomic mass is 32.2. The number of carbonyl (C=O) groups excluding carboxylic acids is 2. The summed E-state index contributed by atoms with van der Waals surface area (Å²) in [5.41, 5.74) is 2.06. The quantitative estimate of drug-likeness (QED) is 0.818. The van der Waals surface area contributed by atoms with Gasteiger partial charge < -0.3 is 15.1 Å². The normalized spacial score (nSPS) is 22.4. The van der Waals surface area contributed by atoms with Gasteiger partial charge in [0.25, 0.3) is 5.91 Å². The number of hydrogen-bond acceptors (Lipinski definition) is 5. The fourth-order valence-electron chi connectivity index (χ4n) is 3.81. The Labute approximate surface area is 167 Å². The van der Waals surface area contributed by atoms with Crippen LogP contribution in [0.15, 0.2) is 18.2 Å². The lowest BCUT2D eigenvalue weighted by Crippen LogP contribution is -2.34. The number of carbonyl (C=O) groups is 2. The molecule has 8 heteroatoms. The molecule has 0 aliphatic carbocycles. The lowest BCUT2D eigenvalue weighted by molar-refractivity contribution is -0.120. The topological polar surface area (TPSA) is 86.8 Å². The van der Waals surface area contributed by atoms with Crippen molar-refractivity contribution >= 4 is 27.3 Å². The summed E-state index contributed by atoms with van der Waals surface area (Å²) in [6.07, 6.45) is 1.66. The van der Waals surface area contributed by atoms with Crippen LogP contribution in [0.2, 0.25) is 0 Å². The van der Waals surface area contributed by atoms with Crippen LogP contribution in [-0.2, 0) is 14.6 Å². The standard InChI is InChI=1S/C20H29N3O4S/c1-14-4-5-16(20(25)23-9-6-17(13-23)22(2)3)12-18(14)21-19(24)15-7-10-28(26,27)11-8-15/h4-5,12,15,17H,6-11,13H2,1-3H3,(H,21,24). The van der Waals surface area contributed by atoms with Gasteiger partial charge >= 0.3 is 0 Å². The number of anilines is 1. The van der Waals surface area contributed by atoms with Crippen molar-refractivity contribution in [3.63, 3.8) is 0 Å². The van der Waals surface area contributed by atoms with Crippen molar-refractivity contribution in [3.05, 3.63) is 29.3 Å². The van der Waals surface area contributed by atoms with Gasteiger partial charge in [-0.05, 0) is 58.0 Å². The third kappa shape index (κ3) is 4.72. The first-order chi connectivity index (χ1) is 13.2. The minimum Gasteiger partial charge on any atom is -0.337 e. The lowest BCUT2D eigenvalue weighted by Gasteiger charge is -2.22. The van der Waals surface area contributed by atoms with E-state index in [0.717, 1.165) is 18.5 Å². The number of rotatable bonds is 4. The zero-order valence-electron chi connectivity index (χ0n) is 16.8. The van der Waals surface area contributed by atoms with Gasteiger partial charge in [-0.1, -0.05) is 6.07 Å². The van der Waals surface area contributed by atoms with Crippen molar-refractivity contribution in [2.45, 2.75) is 32.2 Å². The van der Waals surface area contributed by atoms with Gasteiger partial charge in [-0.25, -0.2) is 8.42 Å². The Morgan fingerprint density at radius 2 is 1.82 bits per heavy atom. The van der Waals surface area contributed by atoms with Crippen LogP contribution in [0.3, 0.4) is 0 Å². The van der Waals surface area contributed by atoms with E-state index in [0.29, 0.717) is 36.7 Å². The van der Waals surface area contributed by atoms with Crippen LogP contribution < -0.4 is 5.32 Å². The molecule has 2 fully saturated rings. The van der Waals surface area contributed by atoms with Gasteiger partial charge in [-0.3, -0.25) is 9.59 Å². The molecule has 0 aromatic heterocycles. The first-order valence-corrected chi connectivity index (χ1v) is 11.6. The van der Waals surface area contributed by atoms with Gasteiger partial charge in [0.2, 0.25) is 5.91 Å². The monoisotopic (exact) mass is 407 g/mol. The summed E-state index contributed by atoms with van der Waals surface area (Å²) in [7, 11) is 1.04. The van der Waals surface area contributed by atoms with E-state index in [4.69, 9.17) is 0 Å². The van der Waals surface area contributed by atoms with Crippen molar-refractivity contribution in [2.24, 2.45) is 5.92 Å². The summed E-state index contributed by atoms with van der Waals surface area (Å²) in [6, 6.07) is 5.74. The van der Waals surface area contributed by atoms with Crippen LogP contribution in [0.25, 0.3) is 0 Å². The molecule has 0 radical (unpaired) electrons.